The van der Waals surface area contributed by atoms with Gasteiger partial charge in [0.25, 0.3) is 5.91 Å². The van der Waals surface area contributed by atoms with Crippen molar-refractivity contribution in [3.63, 3.8) is 0 Å². The van der Waals surface area contributed by atoms with Gasteiger partial charge in [0.05, 0.1) is 14.2 Å². The number of carbonyl (C=O) groups is 1. The van der Waals surface area contributed by atoms with Crippen molar-refractivity contribution in [1.29, 1.82) is 0 Å². The molecule has 0 saturated carbocycles. The minimum atomic E-state index is -0.193. The van der Waals surface area contributed by atoms with E-state index in [1.165, 1.54) is 0 Å². The van der Waals surface area contributed by atoms with Crippen LogP contribution in [0.4, 0.5) is 0 Å². The third-order valence-electron chi connectivity index (χ3n) is 4.27. The monoisotopic (exact) mass is 377 g/mol. The molecular formula is C23H23NO4. The van der Waals surface area contributed by atoms with Gasteiger partial charge in [-0.25, -0.2) is 0 Å². The Morgan fingerprint density at radius 3 is 2.18 bits per heavy atom. The van der Waals surface area contributed by atoms with E-state index in [0.717, 1.165) is 16.7 Å². The number of hydrogen-bond donors (Lipinski definition) is 1. The summed E-state index contributed by atoms with van der Waals surface area (Å²) >= 11 is 0. The molecule has 1 amide bonds. The second-order valence-corrected chi connectivity index (χ2v) is 6.15. The van der Waals surface area contributed by atoms with Gasteiger partial charge < -0.3 is 19.5 Å². The van der Waals surface area contributed by atoms with E-state index in [2.05, 4.69) is 17.4 Å². The van der Waals surface area contributed by atoms with Crippen LogP contribution in [0.2, 0.25) is 0 Å². The molecule has 0 heterocycles. The molecule has 0 spiro atoms. The molecule has 0 unspecified atom stereocenters. The van der Waals surface area contributed by atoms with Crippen LogP contribution in [0.3, 0.4) is 0 Å². The van der Waals surface area contributed by atoms with Gasteiger partial charge in [0.15, 0.2) is 18.1 Å². The molecule has 5 nitrogen and oxygen atoms in total. The van der Waals surface area contributed by atoms with Gasteiger partial charge in [-0.15, -0.1) is 0 Å². The first-order chi connectivity index (χ1) is 13.7. The lowest BCUT2D eigenvalue weighted by Crippen LogP contribution is -2.28. The highest BCUT2D eigenvalue weighted by molar-refractivity contribution is 5.77. The standard InChI is InChI=1S/C23H23NO4/c1-26-21-13-8-17(14-22(21)27-2)15-24-23(25)16-28-20-11-9-19(10-12-20)18-6-4-3-5-7-18/h3-14H,15-16H2,1-2H3,(H,24,25). The third kappa shape index (κ3) is 5.04. The highest BCUT2D eigenvalue weighted by Gasteiger charge is 2.07. The SMILES string of the molecule is COc1ccc(CNC(=O)COc2ccc(-c3ccccc3)cc2)cc1OC. The van der Waals surface area contributed by atoms with Gasteiger partial charge >= 0.3 is 0 Å². The highest BCUT2D eigenvalue weighted by Crippen LogP contribution is 2.27. The van der Waals surface area contributed by atoms with Crippen LogP contribution < -0.4 is 19.5 Å². The topological polar surface area (TPSA) is 56.8 Å². The first kappa shape index (κ1) is 19.3. The summed E-state index contributed by atoms with van der Waals surface area (Å²) in [7, 11) is 3.17. The molecular weight excluding hydrogens is 354 g/mol. The molecule has 144 valence electrons. The van der Waals surface area contributed by atoms with Crippen molar-refractivity contribution in [2.45, 2.75) is 6.54 Å². The minimum absolute atomic E-state index is 0.0437. The van der Waals surface area contributed by atoms with E-state index < -0.39 is 0 Å². The zero-order valence-corrected chi connectivity index (χ0v) is 16.0. The van der Waals surface area contributed by atoms with Gasteiger partial charge in [0, 0.05) is 6.54 Å². The Labute approximate surface area is 164 Å². The average molecular weight is 377 g/mol. The second kappa shape index (κ2) is 9.46. The van der Waals surface area contributed by atoms with Crippen LogP contribution >= 0.6 is 0 Å². The number of hydrogen-bond acceptors (Lipinski definition) is 4. The summed E-state index contributed by atoms with van der Waals surface area (Å²) < 4.78 is 16.0. The number of carbonyl (C=O) groups excluding carboxylic acids is 1. The Balaban J connectivity index is 1.49. The summed E-state index contributed by atoms with van der Waals surface area (Å²) in [5.41, 5.74) is 3.16. The van der Waals surface area contributed by atoms with E-state index >= 15 is 0 Å². The van der Waals surface area contributed by atoms with Crippen molar-refractivity contribution < 1.29 is 19.0 Å². The average Bonchev–Trinajstić information content (AvgIpc) is 2.77. The van der Waals surface area contributed by atoms with Crippen molar-refractivity contribution in [3.8, 4) is 28.4 Å². The predicted octanol–water partition coefficient (Wildman–Crippen LogP) is 4.07. The molecule has 0 saturated heterocycles. The normalized spacial score (nSPS) is 10.2. The van der Waals surface area contributed by atoms with E-state index in [9.17, 15) is 4.79 Å². The first-order valence-corrected chi connectivity index (χ1v) is 8.95. The quantitative estimate of drug-likeness (QED) is 0.643. The molecule has 0 aliphatic rings. The molecule has 0 aliphatic carbocycles. The third-order valence-corrected chi connectivity index (χ3v) is 4.27. The molecule has 0 atom stereocenters. The maximum Gasteiger partial charge on any atom is 0.258 e. The van der Waals surface area contributed by atoms with Gasteiger partial charge in [0.2, 0.25) is 0 Å². The van der Waals surface area contributed by atoms with Crippen molar-refractivity contribution in [3.05, 3.63) is 78.4 Å². The number of nitrogens with one attached hydrogen (secondary N) is 1. The summed E-state index contributed by atoms with van der Waals surface area (Å²) in [4.78, 5) is 12.1. The zero-order chi connectivity index (χ0) is 19.8. The maximum atomic E-state index is 12.1. The van der Waals surface area contributed by atoms with E-state index in [1.54, 1.807) is 14.2 Å². The number of methoxy groups -OCH3 is 2. The summed E-state index contributed by atoms with van der Waals surface area (Å²) in [5, 5.41) is 2.83. The van der Waals surface area contributed by atoms with Crippen LogP contribution in [0, 0.1) is 0 Å². The lowest BCUT2D eigenvalue weighted by Gasteiger charge is -2.11. The smallest absolute Gasteiger partial charge is 0.258 e. The van der Waals surface area contributed by atoms with Crippen LogP contribution in [0.15, 0.2) is 72.8 Å². The van der Waals surface area contributed by atoms with Crippen LogP contribution in [-0.2, 0) is 11.3 Å². The van der Waals surface area contributed by atoms with Crippen LogP contribution in [-0.4, -0.2) is 26.7 Å². The summed E-state index contributed by atoms with van der Waals surface area (Å²) in [6.45, 7) is 0.341. The molecule has 0 radical (unpaired) electrons. The molecule has 3 aromatic rings. The van der Waals surface area contributed by atoms with E-state index in [4.69, 9.17) is 14.2 Å². The predicted molar refractivity (Wildman–Crippen MR) is 109 cm³/mol. The van der Waals surface area contributed by atoms with Gasteiger partial charge in [-0.05, 0) is 41.0 Å². The second-order valence-electron chi connectivity index (χ2n) is 6.15. The fraction of sp³-hybridized carbons (Fsp3) is 0.174. The van der Waals surface area contributed by atoms with Crippen LogP contribution in [0.1, 0.15) is 5.56 Å². The number of amides is 1. The van der Waals surface area contributed by atoms with E-state index in [-0.39, 0.29) is 12.5 Å². The van der Waals surface area contributed by atoms with Crippen molar-refractivity contribution in [2.24, 2.45) is 0 Å². The molecule has 3 aromatic carbocycles. The number of benzene rings is 3. The van der Waals surface area contributed by atoms with Gasteiger partial charge in [-0.2, -0.15) is 0 Å². The minimum Gasteiger partial charge on any atom is -0.493 e. The largest absolute Gasteiger partial charge is 0.493 e. The van der Waals surface area contributed by atoms with E-state index in [0.29, 0.717) is 23.8 Å². The fourth-order valence-electron chi connectivity index (χ4n) is 2.77. The zero-order valence-electron chi connectivity index (χ0n) is 16.0. The summed E-state index contributed by atoms with van der Waals surface area (Å²) in [6, 6.07) is 23.3. The number of rotatable bonds is 8. The Bertz CT molecular complexity index is 908. The molecule has 0 fully saturated rings. The Morgan fingerprint density at radius 2 is 1.50 bits per heavy atom. The van der Waals surface area contributed by atoms with Gasteiger partial charge in [-0.1, -0.05) is 48.5 Å². The molecule has 0 bridgehead atoms. The highest BCUT2D eigenvalue weighted by atomic mass is 16.5. The molecule has 5 heteroatoms. The molecule has 0 aliphatic heterocycles. The van der Waals surface area contributed by atoms with E-state index in [1.807, 2.05) is 60.7 Å². The van der Waals surface area contributed by atoms with Crippen molar-refractivity contribution in [2.75, 3.05) is 20.8 Å². The number of ether oxygens (including phenoxy) is 3. The Hall–Kier alpha value is -3.47. The summed E-state index contributed by atoms with van der Waals surface area (Å²) in [6.07, 6.45) is 0. The first-order valence-electron chi connectivity index (χ1n) is 8.95. The molecule has 0 aromatic heterocycles. The molecule has 28 heavy (non-hydrogen) atoms. The Morgan fingerprint density at radius 1 is 0.821 bits per heavy atom. The fourth-order valence-corrected chi connectivity index (χ4v) is 2.77. The van der Waals surface area contributed by atoms with Crippen molar-refractivity contribution in [1.82, 2.24) is 5.32 Å². The van der Waals surface area contributed by atoms with Gasteiger partial charge in [0.1, 0.15) is 5.75 Å². The Kier molecular flexibility index (Phi) is 6.52. The molecule has 3 rings (SSSR count). The van der Waals surface area contributed by atoms with Gasteiger partial charge in [-0.3, -0.25) is 4.79 Å². The lowest BCUT2D eigenvalue weighted by molar-refractivity contribution is -0.123. The lowest BCUT2D eigenvalue weighted by atomic mass is 10.1. The molecule has 1 N–H and O–H groups in total. The summed E-state index contributed by atoms with van der Waals surface area (Å²) in [5.74, 6) is 1.74. The maximum absolute atomic E-state index is 12.1. The van der Waals surface area contributed by atoms with Crippen LogP contribution in [0.5, 0.6) is 17.2 Å². The van der Waals surface area contributed by atoms with Crippen LogP contribution in [0.25, 0.3) is 11.1 Å². The van der Waals surface area contributed by atoms with Crippen molar-refractivity contribution >= 4 is 5.91 Å².